The number of hydrogen-bond donors (Lipinski definition) is 1. The van der Waals surface area contributed by atoms with Crippen LogP contribution in [0.2, 0.25) is 0 Å². The first-order valence-corrected chi connectivity index (χ1v) is 6.33. The number of halogens is 1. The van der Waals surface area contributed by atoms with Crippen molar-refractivity contribution in [2.45, 2.75) is 19.4 Å². The van der Waals surface area contributed by atoms with Crippen molar-refractivity contribution in [2.75, 3.05) is 18.3 Å². The molecule has 1 N–H and O–H groups in total. The Morgan fingerprint density at radius 1 is 1.69 bits per heavy atom. The molecule has 0 saturated carbocycles. The molecule has 0 spiro atoms. The van der Waals surface area contributed by atoms with Crippen molar-refractivity contribution in [3.8, 4) is 0 Å². The van der Waals surface area contributed by atoms with E-state index >= 15 is 0 Å². The van der Waals surface area contributed by atoms with Crippen LogP contribution in [0.4, 0.5) is 0 Å². The second kappa shape index (κ2) is 4.13. The molecule has 1 aliphatic heterocycles. The zero-order valence-corrected chi connectivity index (χ0v) is 9.05. The van der Waals surface area contributed by atoms with Crippen LogP contribution in [0.5, 0.6) is 0 Å². The predicted octanol–water partition coefficient (Wildman–Crippen LogP) is 0.215. The molecule has 0 aromatic carbocycles. The maximum Gasteiger partial charge on any atom is 0.228 e. The highest BCUT2D eigenvalue weighted by molar-refractivity contribution is 7.90. The summed E-state index contributed by atoms with van der Waals surface area (Å²) in [7, 11) is -3.28. The van der Waals surface area contributed by atoms with Crippen LogP contribution >= 0.6 is 11.6 Å². The van der Waals surface area contributed by atoms with Gasteiger partial charge in [0.25, 0.3) is 0 Å². The van der Waals surface area contributed by atoms with Crippen molar-refractivity contribution in [2.24, 2.45) is 5.92 Å². The predicted molar refractivity (Wildman–Crippen MR) is 51.0 cm³/mol. The molecule has 13 heavy (non-hydrogen) atoms. The summed E-state index contributed by atoms with van der Waals surface area (Å²) in [6, 6.07) is 0. The number of aliphatic hydroxyl groups excluding tert-OH is 1. The quantitative estimate of drug-likeness (QED) is 0.702. The number of sulfonamides is 1. The van der Waals surface area contributed by atoms with Gasteiger partial charge in [-0.05, 0) is 19.3 Å². The van der Waals surface area contributed by atoms with Gasteiger partial charge in [0.1, 0.15) is 5.21 Å². The van der Waals surface area contributed by atoms with Crippen molar-refractivity contribution in [3.05, 3.63) is 0 Å². The zero-order valence-electron chi connectivity index (χ0n) is 7.48. The van der Waals surface area contributed by atoms with Crippen LogP contribution in [0.3, 0.4) is 0 Å². The van der Waals surface area contributed by atoms with E-state index in [-0.39, 0.29) is 11.1 Å². The van der Waals surface area contributed by atoms with Gasteiger partial charge >= 0.3 is 0 Å². The highest BCUT2D eigenvalue weighted by atomic mass is 35.5. The van der Waals surface area contributed by atoms with Gasteiger partial charge in [-0.1, -0.05) is 0 Å². The Morgan fingerprint density at radius 2 is 2.31 bits per heavy atom. The van der Waals surface area contributed by atoms with E-state index < -0.39 is 16.1 Å². The fourth-order valence-electron chi connectivity index (χ4n) is 1.47. The lowest BCUT2D eigenvalue weighted by molar-refractivity contribution is 0.133. The van der Waals surface area contributed by atoms with Crippen LogP contribution in [0.15, 0.2) is 0 Å². The Hall–Kier alpha value is 0.160. The summed E-state index contributed by atoms with van der Waals surface area (Å²) in [5, 5.41) is 8.88. The van der Waals surface area contributed by atoms with Gasteiger partial charge in [0.15, 0.2) is 0 Å². The molecule has 2 unspecified atom stereocenters. The van der Waals surface area contributed by atoms with Crippen molar-refractivity contribution >= 4 is 21.6 Å². The molecule has 0 aliphatic carbocycles. The van der Waals surface area contributed by atoms with E-state index in [1.54, 1.807) is 6.92 Å². The Morgan fingerprint density at radius 3 is 2.69 bits per heavy atom. The molecule has 78 valence electrons. The Bertz CT molecular complexity index is 265. The minimum Gasteiger partial charge on any atom is -0.393 e. The number of nitrogens with zero attached hydrogens (tertiary/aromatic N) is 1. The van der Waals surface area contributed by atoms with Crippen LogP contribution in [-0.4, -0.2) is 42.2 Å². The number of rotatable bonds is 3. The first kappa shape index (κ1) is 11.2. The van der Waals surface area contributed by atoms with Crippen LogP contribution in [0.25, 0.3) is 0 Å². The molecule has 0 aromatic rings. The minimum atomic E-state index is -3.28. The molecule has 0 aromatic heterocycles. The summed E-state index contributed by atoms with van der Waals surface area (Å²) >= 11 is 5.31. The standard InChI is InChI=1S/C7H14ClNO3S/c1-6(10)7-2-3-9(4-7)13(11,12)5-8/h6-7,10H,2-5H2,1H3. The number of alkyl halides is 1. The molecule has 1 rings (SSSR count). The van der Waals surface area contributed by atoms with E-state index in [1.807, 2.05) is 0 Å². The van der Waals surface area contributed by atoms with Crippen LogP contribution < -0.4 is 0 Å². The van der Waals surface area contributed by atoms with Gasteiger partial charge in [0, 0.05) is 13.1 Å². The summed E-state index contributed by atoms with van der Waals surface area (Å²) in [6.45, 7) is 2.55. The number of hydrogen-bond acceptors (Lipinski definition) is 3. The molecular weight excluding hydrogens is 214 g/mol. The third kappa shape index (κ3) is 2.56. The average molecular weight is 228 g/mol. The Kier molecular flexibility index (Phi) is 3.57. The van der Waals surface area contributed by atoms with Crippen LogP contribution in [0, 0.1) is 5.92 Å². The molecule has 2 atom stereocenters. The normalized spacial score (nSPS) is 27.8. The van der Waals surface area contributed by atoms with Gasteiger partial charge in [-0.15, -0.1) is 11.6 Å². The molecule has 1 saturated heterocycles. The SMILES string of the molecule is CC(O)C1CCN(S(=O)(=O)CCl)C1. The van der Waals surface area contributed by atoms with Crippen molar-refractivity contribution in [1.82, 2.24) is 4.31 Å². The molecule has 0 amide bonds. The highest BCUT2D eigenvalue weighted by Crippen LogP contribution is 2.22. The zero-order chi connectivity index (χ0) is 10.1. The third-order valence-corrected chi connectivity index (χ3v) is 4.62. The van der Waals surface area contributed by atoms with E-state index in [0.717, 1.165) is 0 Å². The maximum absolute atomic E-state index is 11.3. The molecule has 0 radical (unpaired) electrons. The van der Waals surface area contributed by atoms with E-state index in [2.05, 4.69) is 0 Å². The summed E-state index contributed by atoms with van der Waals surface area (Å²) < 4.78 is 23.9. The molecule has 1 aliphatic rings. The van der Waals surface area contributed by atoms with Gasteiger partial charge in [-0.25, -0.2) is 12.7 Å². The third-order valence-electron chi connectivity index (χ3n) is 2.40. The Labute approximate surface area is 83.5 Å². The summed E-state index contributed by atoms with van der Waals surface area (Å²) in [5.74, 6) is 0.0537. The summed E-state index contributed by atoms with van der Waals surface area (Å²) in [5.41, 5.74) is 0. The molecule has 6 heteroatoms. The summed E-state index contributed by atoms with van der Waals surface area (Å²) in [4.78, 5) is 0. The van der Waals surface area contributed by atoms with Gasteiger partial charge in [-0.3, -0.25) is 0 Å². The van der Waals surface area contributed by atoms with Gasteiger partial charge in [0.05, 0.1) is 6.10 Å². The van der Waals surface area contributed by atoms with E-state index in [0.29, 0.717) is 19.5 Å². The lowest BCUT2D eigenvalue weighted by Gasteiger charge is -2.15. The topological polar surface area (TPSA) is 57.6 Å². The van der Waals surface area contributed by atoms with Gasteiger partial charge < -0.3 is 5.11 Å². The van der Waals surface area contributed by atoms with Crippen molar-refractivity contribution in [3.63, 3.8) is 0 Å². The highest BCUT2D eigenvalue weighted by Gasteiger charge is 2.32. The monoisotopic (exact) mass is 227 g/mol. The molecule has 1 heterocycles. The molecule has 1 fully saturated rings. The fourth-order valence-corrected chi connectivity index (χ4v) is 2.82. The average Bonchev–Trinajstić information content (AvgIpc) is 2.52. The first-order chi connectivity index (χ1) is 5.97. The van der Waals surface area contributed by atoms with E-state index in [1.165, 1.54) is 4.31 Å². The van der Waals surface area contributed by atoms with E-state index in [4.69, 9.17) is 11.6 Å². The molecule has 4 nitrogen and oxygen atoms in total. The number of aliphatic hydroxyl groups is 1. The lowest BCUT2D eigenvalue weighted by Crippen LogP contribution is -2.31. The van der Waals surface area contributed by atoms with Crippen LogP contribution in [0.1, 0.15) is 13.3 Å². The van der Waals surface area contributed by atoms with Gasteiger partial charge in [-0.2, -0.15) is 0 Å². The smallest absolute Gasteiger partial charge is 0.228 e. The fraction of sp³-hybridized carbons (Fsp3) is 1.00. The minimum absolute atomic E-state index is 0.0537. The second-order valence-corrected chi connectivity index (χ2v) is 5.92. The lowest BCUT2D eigenvalue weighted by atomic mass is 10.0. The molecule has 0 bridgehead atoms. The first-order valence-electron chi connectivity index (χ1n) is 4.19. The largest absolute Gasteiger partial charge is 0.393 e. The summed E-state index contributed by atoms with van der Waals surface area (Å²) in [6.07, 6.45) is 0.267. The maximum atomic E-state index is 11.3. The van der Waals surface area contributed by atoms with Crippen LogP contribution in [-0.2, 0) is 10.0 Å². The van der Waals surface area contributed by atoms with Crippen molar-refractivity contribution in [1.29, 1.82) is 0 Å². The van der Waals surface area contributed by atoms with Crippen molar-refractivity contribution < 1.29 is 13.5 Å². The molecular formula is C7H14ClNO3S. The van der Waals surface area contributed by atoms with E-state index in [9.17, 15) is 13.5 Å². The second-order valence-electron chi connectivity index (χ2n) is 3.37. The Balaban J connectivity index is 2.60. The van der Waals surface area contributed by atoms with Gasteiger partial charge in [0.2, 0.25) is 10.0 Å².